The number of fused-ring (bicyclic) bond motifs is 1. The Bertz CT molecular complexity index is 897. The molecular weight excluding hydrogens is 400 g/mol. The quantitative estimate of drug-likeness (QED) is 0.695. The van der Waals surface area contributed by atoms with E-state index in [2.05, 4.69) is 4.98 Å². The van der Waals surface area contributed by atoms with Crippen LogP contribution in [-0.2, 0) is 14.6 Å². The lowest BCUT2D eigenvalue weighted by molar-refractivity contribution is -0.131. The zero-order valence-electron chi connectivity index (χ0n) is 13.9. The number of hydrogen-bond donors (Lipinski definition) is 0. The van der Waals surface area contributed by atoms with Crippen LogP contribution >= 0.6 is 34.7 Å². The largest absolute Gasteiger partial charge is 0.338 e. The normalized spacial score (nSPS) is 20.7. The molecule has 0 radical (unpaired) electrons. The molecular formula is C16H19ClN2O3S3. The molecule has 0 saturated carbocycles. The second-order valence-corrected chi connectivity index (χ2v) is 11.3. The zero-order valence-corrected chi connectivity index (χ0v) is 17.1. The van der Waals surface area contributed by atoms with Crippen LogP contribution < -0.4 is 0 Å². The van der Waals surface area contributed by atoms with Crippen molar-refractivity contribution >= 4 is 60.7 Å². The number of hydrogen-bond acceptors (Lipinski definition) is 6. The lowest BCUT2D eigenvalue weighted by Crippen LogP contribution is -2.44. The molecule has 1 saturated heterocycles. The van der Waals surface area contributed by atoms with Gasteiger partial charge in [0, 0.05) is 17.6 Å². The molecule has 0 aliphatic carbocycles. The van der Waals surface area contributed by atoms with Crippen molar-refractivity contribution in [3.8, 4) is 0 Å². The molecule has 0 bridgehead atoms. The Labute approximate surface area is 160 Å². The van der Waals surface area contributed by atoms with Gasteiger partial charge >= 0.3 is 0 Å². The van der Waals surface area contributed by atoms with Gasteiger partial charge in [-0.25, -0.2) is 13.4 Å². The summed E-state index contributed by atoms with van der Waals surface area (Å²) in [6.07, 6.45) is 0.527. The van der Waals surface area contributed by atoms with Crippen LogP contribution in [0.25, 0.3) is 10.2 Å². The minimum atomic E-state index is -3.01. The third-order valence-electron chi connectivity index (χ3n) is 4.23. The molecule has 1 aliphatic rings. The number of carbonyl (C=O) groups excluding carboxylic acids is 1. The number of amides is 1. The van der Waals surface area contributed by atoms with Crippen molar-refractivity contribution in [1.29, 1.82) is 0 Å². The molecule has 9 heteroatoms. The Morgan fingerprint density at radius 2 is 2.28 bits per heavy atom. The van der Waals surface area contributed by atoms with Crippen molar-refractivity contribution in [1.82, 2.24) is 9.88 Å². The van der Waals surface area contributed by atoms with Crippen molar-refractivity contribution in [2.75, 3.05) is 18.1 Å². The monoisotopic (exact) mass is 418 g/mol. The molecule has 2 unspecified atom stereocenters. The number of sulfone groups is 1. The number of carbonyl (C=O) groups is 1. The van der Waals surface area contributed by atoms with Crippen LogP contribution in [0.4, 0.5) is 0 Å². The van der Waals surface area contributed by atoms with Gasteiger partial charge in [0.1, 0.15) is 0 Å². The average molecular weight is 419 g/mol. The van der Waals surface area contributed by atoms with Gasteiger partial charge in [-0.3, -0.25) is 4.79 Å². The number of benzene rings is 1. The highest BCUT2D eigenvalue weighted by atomic mass is 35.5. The topological polar surface area (TPSA) is 67.3 Å². The van der Waals surface area contributed by atoms with E-state index in [1.165, 1.54) is 23.1 Å². The highest BCUT2D eigenvalue weighted by Crippen LogP contribution is 2.34. The predicted octanol–water partition coefficient (Wildman–Crippen LogP) is 3.47. The number of halogens is 1. The Balaban J connectivity index is 1.72. The zero-order chi connectivity index (χ0) is 18.2. The van der Waals surface area contributed by atoms with Crippen LogP contribution in [-0.4, -0.2) is 53.6 Å². The molecule has 1 fully saturated rings. The van der Waals surface area contributed by atoms with E-state index in [4.69, 9.17) is 11.6 Å². The maximum atomic E-state index is 12.8. The fourth-order valence-corrected chi connectivity index (χ4v) is 7.14. The number of thioether (sulfide) groups is 1. The first kappa shape index (κ1) is 18.9. The van der Waals surface area contributed by atoms with Gasteiger partial charge in [-0.05, 0) is 38.5 Å². The van der Waals surface area contributed by atoms with E-state index >= 15 is 0 Å². The lowest BCUT2D eigenvalue weighted by Gasteiger charge is -2.29. The Morgan fingerprint density at radius 3 is 2.92 bits per heavy atom. The number of rotatable bonds is 5. The third kappa shape index (κ3) is 4.30. The number of thiazole rings is 1. The van der Waals surface area contributed by atoms with Gasteiger partial charge in [-0.1, -0.05) is 23.4 Å². The van der Waals surface area contributed by atoms with Crippen molar-refractivity contribution in [2.45, 2.75) is 35.9 Å². The smallest absolute Gasteiger partial charge is 0.236 e. The molecule has 5 nitrogen and oxygen atoms in total. The van der Waals surface area contributed by atoms with Crippen LogP contribution in [0.5, 0.6) is 0 Å². The standard InChI is InChI=1S/C16H19ClN2O3S3/c1-3-19(12-6-7-25(21,22)9-12)15(20)10(2)23-16-18-13-8-11(17)4-5-14(13)24-16/h4-5,8,10,12H,3,6-7,9H2,1-2H3. The molecule has 0 N–H and O–H groups in total. The SMILES string of the molecule is CCN(C(=O)C(C)Sc1nc2cc(Cl)ccc2s1)C1CCS(=O)(=O)C1. The first-order valence-electron chi connectivity index (χ1n) is 8.02. The summed E-state index contributed by atoms with van der Waals surface area (Å²) in [7, 11) is -3.01. The molecule has 1 aliphatic heterocycles. The van der Waals surface area contributed by atoms with E-state index in [-0.39, 0.29) is 28.7 Å². The summed E-state index contributed by atoms with van der Waals surface area (Å²) in [5, 5.41) is 0.317. The van der Waals surface area contributed by atoms with Gasteiger partial charge in [0.05, 0.1) is 27.0 Å². The second-order valence-electron chi connectivity index (χ2n) is 6.03. The van der Waals surface area contributed by atoms with Gasteiger partial charge < -0.3 is 4.90 Å². The van der Waals surface area contributed by atoms with Gasteiger partial charge in [0.25, 0.3) is 0 Å². The van der Waals surface area contributed by atoms with Crippen LogP contribution in [0.3, 0.4) is 0 Å². The molecule has 3 rings (SSSR count). The summed E-state index contributed by atoms with van der Waals surface area (Å²) >= 11 is 8.93. The molecule has 2 heterocycles. The molecule has 2 aromatic rings. The summed E-state index contributed by atoms with van der Waals surface area (Å²) < 4.78 is 25.3. The molecule has 1 aromatic carbocycles. The third-order valence-corrected chi connectivity index (χ3v) is 8.43. The predicted molar refractivity (Wildman–Crippen MR) is 104 cm³/mol. The van der Waals surface area contributed by atoms with Crippen LogP contribution in [0, 0.1) is 0 Å². The summed E-state index contributed by atoms with van der Waals surface area (Å²) in [5.74, 6) is 0.206. The summed E-state index contributed by atoms with van der Waals surface area (Å²) in [6, 6.07) is 5.35. The molecule has 136 valence electrons. The van der Waals surface area contributed by atoms with Crippen LogP contribution in [0.2, 0.25) is 5.02 Å². The minimum Gasteiger partial charge on any atom is -0.338 e. The van der Waals surface area contributed by atoms with Crippen LogP contribution in [0.15, 0.2) is 22.5 Å². The van der Waals surface area contributed by atoms with Crippen molar-refractivity contribution in [3.05, 3.63) is 23.2 Å². The Hall–Kier alpha value is -0.830. The first-order valence-corrected chi connectivity index (χ1v) is 11.9. The van der Waals surface area contributed by atoms with E-state index in [0.717, 1.165) is 14.6 Å². The molecule has 1 aromatic heterocycles. The maximum Gasteiger partial charge on any atom is 0.236 e. The maximum absolute atomic E-state index is 12.8. The lowest BCUT2D eigenvalue weighted by atomic mass is 10.2. The molecule has 1 amide bonds. The van der Waals surface area contributed by atoms with Crippen molar-refractivity contribution < 1.29 is 13.2 Å². The number of aromatic nitrogens is 1. The van der Waals surface area contributed by atoms with Gasteiger partial charge in [-0.15, -0.1) is 11.3 Å². The van der Waals surface area contributed by atoms with E-state index < -0.39 is 9.84 Å². The molecule has 0 spiro atoms. The summed E-state index contributed by atoms with van der Waals surface area (Å²) in [4.78, 5) is 19.0. The van der Waals surface area contributed by atoms with Gasteiger partial charge in [0.2, 0.25) is 5.91 Å². The fraction of sp³-hybridized carbons (Fsp3) is 0.500. The Morgan fingerprint density at radius 1 is 1.52 bits per heavy atom. The average Bonchev–Trinajstić information content (AvgIpc) is 3.09. The Kier molecular flexibility index (Phi) is 5.63. The minimum absolute atomic E-state index is 0.0353. The molecule has 2 atom stereocenters. The van der Waals surface area contributed by atoms with Gasteiger partial charge in [-0.2, -0.15) is 0 Å². The molecule has 25 heavy (non-hydrogen) atoms. The van der Waals surface area contributed by atoms with E-state index in [9.17, 15) is 13.2 Å². The first-order chi connectivity index (χ1) is 11.8. The van der Waals surface area contributed by atoms with Crippen molar-refractivity contribution in [3.63, 3.8) is 0 Å². The second kappa shape index (κ2) is 7.42. The van der Waals surface area contributed by atoms with Crippen molar-refractivity contribution in [2.24, 2.45) is 0 Å². The van der Waals surface area contributed by atoms with E-state index in [0.29, 0.717) is 18.0 Å². The van der Waals surface area contributed by atoms with E-state index in [1.807, 2.05) is 32.0 Å². The van der Waals surface area contributed by atoms with Gasteiger partial charge in [0.15, 0.2) is 14.2 Å². The summed E-state index contributed by atoms with van der Waals surface area (Å²) in [6.45, 7) is 4.25. The summed E-state index contributed by atoms with van der Waals surface area (Å²) in [5.41, 5.74) is 0.828. The van der Waals surface area contributed by atoms with E-state index in [1.54, 1.807) is 4.90 Å². The highest BCUT2D eigenvalue weighted by molar-refractivity contribution is 8.02. The fourth-order valence-electron chi connectivity index (χ4n) is 2.98. The van der Waals surface area contributed by atoms with Crippen LogP contribution in [0.1, 0.15) is 20.3 Å². The highest BCUT2D eigenvalue weighted by Gasteiger charge is 2.35. The number of nitrogens with zero attached hydrogens (tertiary/aromatic N) is 2.